The van der Waals surface area contributed by atoms with Crippen molar-refractivity contribution >= 4 is 10.0 Å². The Bertz CT molecular complexity index is 813. The molecule has 1 aliphatic rings. The molecule has 5 nitrogen and oxygen atoms in total. The molecular weight excluding hydrogens is 348 g/mol. The number of rotatable bonds is 8. The molecule has 1 aliphatic heterocycles. The van der Waals surface area contributed by atoms with E-state index in [0.29, 0.717) is 18.0 Å². The molecule has 1 fully saturated rings. The summed E-state index contributed by atoms with van der Waals surface area (Å²) in [4.78, 5) is 2.60. The topological polar surface area (TPSA) is 58.6 Å². The molecule has 3 rings (SSSR count). The lowest BCUT2D eigenvalue weighted by molar-refractivity contribution is 0.185. The molecule has 0 aliphatic carbocycles. The Kier molecular flexibility index (Phi) is 6.43. The second kappa shape index (κ2) is 8.77. The molecule has 1 N–H and O–H groups in total. The quantitative estimate of drug-likeness (QED) is 0.772. The zero-order valence-corrected chi connectivity index (χ0v) is 16.0. The summed E-state index contributed by atoms with van der Waals surface area (Å²) in [6.07, 6.45) is 2.41. The van der Waals surface area contributed by atoms with Crippen LogP contribution in [0.25, 0.3) is 11.1 Å². The highest BCUT2D eigenvalue weighted by Gasteiger charge is 2.16. The van der Waals surface area contributed by atoms with Crippen molar-refractivity contribution in [2.45, 2.75) is 24.3 Å². The lowest BCUT2D eigenvalue weighted by atomic mass is 10.0. The summed E-state index contributed by atoms with van der Waals surface area (Å²) in [7, 11) is -1.83. The smallest absolute Gasteiger partial charge is 0.240 e. The van der Waals surface area contributed by atoms with Crippen LogP contribution in [0.2, 0.25) is 0 Å². The van der Waals surface area contributed by atoms with Gasteiger partial charge in [-0.2, -0.15) is 0 Å². The van der Waals surface area contributed by atoms with Gasteiger partial charge in [0.2, 0.25) is 10.0 Å². The van der Waals surface area contributed by atoms with Crippen LogP contribution in [0.3, 0.4) is 0 Å². The van der Waals surface area contributed by atoms with Crippen LogP contribution < -0.4 is 4.72 Å². The van der Waals surface area contributed by atoms with E-state index >= 15 is 0 Å². The monoisotopic (exact) mass is 374 g/mol. The van der Waals surface area contributed by atoms with E-state index in [0.717, 1.165) is 36.3 Å². The number of benzene rings is 2. The van der Waals surface area contributed by atoms with Crippen LogP contribution in [0.15, 0.2) is 53.4 Å². The predicted molar refractivity (Wildman–Crippen MR) is 103 cm³/mol. The first-order chi connectivity index (χ1) is 12.6. The molecule has 0 atom stereocenters. The molecule has 2 aromatic rings. The van der Waals surface area contributed by atoms with Crippen LogP contribution in [0.1, 0.15) is 18.4 Å². The summed E-state index contributed by atoms with van der Waals surface area (Å²) in [5.41, 5.74) is 2.96. The van der Waals surface area contributed by atoms with Crippen LogP contribution >= 0.6 is 0 Å². The van der Waals surface area contributed by atoms with Gasteiger partial charge in [-0.1, -0.05) is 36.4 Å². The second-order valence-corrected chi connectivity index (χ2v) is 8.37. The lowest BCUT2D eigenvalue weighted by Gasteiger charge is -2.15. The first-order valence-electron chi connectivity index (χ1n) is 8.99. The molecule has 26 heavy (non-hydrogen) atoms. The number of nitrogens with zero attached hydrogens (tertiary/aromatic N) is 1. The van der Waals surface area contributed by atoms with Gasteiger partial charge in [-0.3, -0.25) is 0 Å². The number of hydrogen-bond acceptors (Lipinski definition) is 4. The normalized spacial score (nSPS) is 15.4. The van der Waals surface area contributed by atoms with Gasteiger partial charge in [-0.15, -0.1) is 0 Å². The van der Waals surface area contributed by atoms with Gasteiger partial charge in [0.05, 0.1) is 11.5 Å². The minimum Gasteiger partial charge on any atom is -0.380 e. The van der Waals surface area contributed by atoms with Crippen LogP contribution in [0.4, 0.5) is 0 Å². The van der Waals surface area contributed by atoms with E-state index in [4.69, 9.17) is 4.74 Å². The van der Waals surface area contributed by atoms with Crippen molar-refractivity contribution in [1.29, 1.82) is 0 Å². The summed E-state index contributed by atoms with van der Waals surface area (Å²) in [6.45, 7) is 3.90. The molecule has 0 spiro atoms. The van der Waals surface area contributed by atoms with Crippen molar-refractivity contribution in [2.75, 3.05) is 33.3 Å². The molecule has 0 aromatic heterocycles. The van der Waals surface area contributed by atoms with E-state index in [1.54, 1.807) is 25.3 Å². The molecule has 2 aromatic carbocycles. The van der Waals surface area contributed by atoms with E-state index in [9.17, 15) is 8.42 Å². The molecule has 1 heterocycles. The molecule has 0 saturated carbocycles. The number of hydrogen-bond donors (Lipinski definition) is 1. The molecule has 1 saturated heterocycles. The van der Waals surface area contributed by atoms with Crippen molar-refractivity contribution in [2.24, 2.45) is 0 Å². The number of nitrogens with one attached hydrogen (secondary N) is 1. The van der Waals surface area contributed by atoms with Gasteiger partial charge in [0.25, 0.3) is 0 Å². The Morgan fingerprint density at radius 3 is 2.46 bits per heavy atom. The third-order valence-corrected chi connectivity index (χ3v) is 6.12. The summed E-state index contributed by atoms with van der Waals surface area (Å²) < 4.78 is 33.0. The van der Waals surface area contributed by atoms with Crippen LogP contribution in [-0.2, 0) is 21.4 Å². The van der Waals surface area contributed by atoms with Crippen molar-refractivity contribution < 1.29 is 13.2 Å². The van der Waals surface area contributed by atoms with Crippen LogP contribution in [-0.4, -0.2) is 46.6 Å². The first kappa shape index (κ1) is 19.0. The third-order valence-electron chi connectivity index (χ3n) is 4.66. The van der Waals surface area contributed by atoms with Gasteiger partial charge in [0.15, 0.2) is 0 Å². The summed E-state index contributed by atoms with van der Waals surface area (Å²) in [6, 6.07) is 15.0. The highest BCUT2D eigenvalue weighted by molar-refractivity contribution is 7.89. The Labute approximate surface area is 156 Å². The first-order valence-corrected chi connectivity index (χ1v) is 10.5. The zero-order chi connectivity index (χ0) is 18.4. The minimum atomic E-state index is -3.50. The molecule has 0 unspecified atom stereocenters. The van der Waals surface area contributed by atoms with E-state index < -0.39 is 10.0 Å². The molecule has 0 bridgehead atoms. The van der Waals surface area contributed by atoms with E-state index in [1.807, 2.05) is 30.3 Å². The number of ether oxygens (including phenoxy) is 1. The predicted octanol–water partition coefficient (Wildman–Crippen LogP) is 2.87. The van der Waals surface area contributed by atoms with Gasteiger partial charge in [-0.05, 0) is 54.8 Å². The summed E-state index contributed by atoms with van der Waals surface area (Å²) >= 11 is 0. The highest BCUT2D eigenvalue weighted by atomic mass is 32.2. The Balaban J connectivity index is 1.68. The summed E-state index contributed by atoms with van der Waals surface area (Å²) in [5, 5.41) is 0. The van der Waals surface area contributed by atoms with Gasteiger partial charge in [0, 0.05) is 20.2 Å². The zero-order valence-electron chi connectivity index (χ0n) is 15.1. The fourth-order valence-corrected chi connectivity index (χ4v) is 4.30. The van der Waals surface area contributed by atoms with Gasteiger partial charge >= 0.3 is 0 Å². The number of methoxy groups -OCH3 is 1. The highest BCUT2D eigenvalue weighted by Crippen LogP contribution is 2.23. The molecule has 0 amide bonds. The van der Waals surface area contributed by atoms with Crippen molar-refractivity contribution in [3.05, 3.63) is 54.1 Å². The van der Waals surface area contributed by atoms with E-state index in [2.05, 4.69) is 9.62 Å². The van der Waals surface area contributed by atoms with Crippen LogP contribution in [0, 0.1) is 0 Å². The van der Waals surface area contributed by atoms with Gasteiger partial charge < -0.3 is 9.64 Å². The maximum absolute atomic E-state index is 12.6. The largest absolute Gasteiger partial charge is 0.380 e. The molecule has 6 heteroatoms. The minimum absolute atomic E-state index is 0.303. The maximum Gasteiger partial charge on any atom is 0.240 e. The standard InChI is InChI=1S/C20H26N2O3S/c1-25-16-17-7-9-18(10-8-17)19-5-4-6-20(15-19)26(23,24)21-11-14-22-12-2-3-13-22/h4-10,15,21H,2-3,11-14,16H2,1H3. The van der Waals surface area contributed by atoms with Gasteiger partial charge in [-0.25, -0.2) is 13.1 Å². The number of sulfonamides is 1. The van der Waals surface area contributed by atoms with Gasteiger partial charge in [0.1, 0.15) is 0 Å². The van der Waals surface area contributed by atoms with Crippen molar-refractivity contribution in [3.8, 4) is 11.1 Å². The Morgan fingerprint density at radius 2 is 1.77 bits per heavy atom. The second-order valence-electron chi connectivity index (χ2n) is 6.60. The average Bonchev–Trinajstić information content (AvgIpc) is 3.16. The van der Waals surface area contributed by atoms with E-state index in [-0.39, 0.29) is 0 Å². The SMILES string of the molecule is COCc1ccc(-c2cccc(S(=O)(=O)NCCN3CCCC3)c2)cc1. The Morgan fingerprint density at radius 1 is 1.04 bits per heavy atom. The number of likely N-dealkylation sites (tertiary alicyclic amines) is 1. The lowest BCUT2D eigenvalue weighted by Crippen LogP contribution is -2.33. The van der Waals surface area contributed by atoms with E-state index in [1.165, 1.54) is 12.8 Å². The molecule has 140 valence electrons. The Hall–Kier alpha value is -1.73. The molecular formula is C20H26N2O3S. The fraction of sp³-hybridized carbons (Fsp3) is 0.400. The van der Waals surface area contributed by atoms with Crippen LogP contribution in [0.5, 0.6) is 0 Å². The summed E-state index contributed by atoms with van der Waals surface area (Å²) in [5.74, 6) is 0. The van der Waals surface area contributed by atoms with Crippen molar-refractivity contribution in [1.82, 2.24) is 9.62 Å². The van der Waals surface area contributed by atoms with Crippen molar-refractivity contribution in [3.63, 3.8) is 0 Å². The fourth-order valence-electron chi connectivity index (χ4n) is 3.23. The molecule has 0 radical (unpaired) electrons. The third kappa shape index (κ3) is 4.92. The average molecular weight is 375 g/mol. The maximum atomic E-state index is 12.6.